The van der Waals surface area contributed by atoms with Crippen LogP contribution in [0.1, 0.15) is 22.5 Å². The largest absolute Gasteiger partial charge is 0.399 e. The second-order valence-corrected chi connectivity index (χ2v) is 6.46. The normalized spacial score (nSPS) is 14.9. The summed E-state index contributed by atoms with van der Waals surface area (Å²) in [5, 5.41) is 4.02. The van der Waals surface area contributed by atoms with Crippen molar-refractivity contribution in [1.29, 1.82) is 0 Å². The van der Waals surface area contributed by atoms with Crippen molar-refractivity contribution in [3.8, 4) is 0 Å². The molecule has 1 fully saturated rings. The Morgan fingerprint density at radius 2 is 2.25 bits per heavy atom. The van der Waals surface area contributed by atoms with Gasteiger partial charge >= 0.3 is 0 Å². The average Bonchev–Trinajstić information content (AvgIpc) is 3.18. The Balaban J connectivity index is 1.60. The molecule has 1 aliphatic carbocycles. The van der Waals surface area contributed by atoms with Gasteiger partial charge in [-0.25, -0.2) is 0 Å². The van der Waals surface area contributed by atoms with E-state index < -0.39 is 0 Å². The van der Waals surface area contributed by atoms with E-state index in [1.165, 1.54) is 24.2 Å². The molecule has 106 valence electrons. The molecule has 0 saturated heterocycles. The first-order valence-electron chi connectivity index (χ1n) is 6.91. The van der Waals surface area contributed by atoms with Crippen LogP contribution in [0.15, 0.2) is 24.3 Å². The van der Waals surface area contributed by atoms with Gasteiger partial charge in [-0.05, 0) is 49.5 Å². The zero-order valence-corrected chi connectivity index (χ0v) is 12.4. The SMILES string of the molecule is CN(CCNC(=O)c1cc2cc(N)ccc2s1)C1CC1. The molecule has 0 unspecified atom stereocenters. The molecular weight excluding hydrogens is 270 g/mol. The van der Waals surface area contributed by atoms with Gasteiger partial charge in [0.15, 0.2) is 0 Å². The molecule has 0 aliphatic heterocycles. The minimum Gasteiger partial charge on any atom is -0.399 e. The molecule has 1 aliphatic rings. The first-order chi connectivity index (χ1) is 9.63. The number of benzene rings is 1. The summed E-state index contributed by atoms with van der Waals surface area (Å²) in [5.41, 5.74) is 6.49. The fourth-order valence-corrected chi connectivity index (χ4v) is 3.26. The van der Waals surface area contributed by atoms with E-state index >= 15 is 0 Å². The molecule has 3 N–H and O–H groups in total. The highest BCUT2D eigenvalue weighted by molar-refractivity contribution is 7.20. The summed E-state index contributed by atoms with van der Waals surface area (Å²) in [6.07, 6.45) is 2.59. The maximum atomic E-state index is 12.1. The summed E-state index contributed by atoms with van der Waals surface area (Å²) in [7, 11) is 2.12. The number of nitrogens with one attached hydrogen (secondary N) is 1. The van der Waals surface area contributed by atoms with Crippen LogP contribution in [-0.2, 0) is 0 Å². The van der Waals surface area contributed by atoms with Crippen LogP contribution in [0.4, 0.5) is 5.69 Å². The first-order valence-corrected chi connectivity index (χ1v) is 7.72. The number of nitrogens with two attached hydrogens (primary N) is 1. The lowest BCUT2D eigenvalue weighted by Gasteiger charge is -2.15. The molecule has 1 saturated carbocycles. The third kappa shape index (κ3) is 2.94. The molecule has 0 radical (unpaired) electrons. The van der Waals surface area contributed by atoms with Gasteiger partial charge in [-0.3, -0.25) is 4.79 Å². The number of rotatable bonds is 5. The van der Waals surface area contributed by atoms with Crippen molar-refractivity contribution in [1.82, 2.24) is 10.2 Å². The maximum absolute atomic E-state index is 12.1. The van der Waals surface area contributed by atoms with Crippen LogP contribution >= 0.6 is 11.3 Å². The molecule has 4 nitrogen and oxygen atoms in total. The smallest absolute Gasteiger partial charge is 0.261 e. The molecule has 1 aromatic carbocycles. The van der Waals surface area contributed by atoms with Crippen molar-refractivity contribution in [3.63, 3.8) is 0 Å². The zero-order chi connectivity index (χ0) is 14.1. The quantitative estimate of drug-likeness (QED) is 0.830. The average molecular weight is 289 g/mol. The van der Waals surface area contributed by atoms with E-state index in [0.29, 0.717) is 6.54 Å². The molecule has 3 rings (SSSR count). The molecule has 2 aromatic rings. The predicted octanol–water partition coefficient (Wildman–Crippen LogP) is 2.31. The molecule has 0 bridgehead atoms. The van der Waals surface area contributed by atoms with Gasteiger partial charge in [0.2, 0.25) is 0 Å². The van der Waals surface area contributed by atoms with Crippen LogP contribution in [0.2, 0.25) is 0 Å². The van der Waals surface area contributed by atoms with Crippen molar-refractivity contribution in [3.05, 3.63) is 29.1 Å². The lowest BCUT2D eigenvalue weighted by atomic mass is 10.2. The molecule has 1 amide bonds. The molecule has 0 spiro atoms. The van der Waals surface area contributed by atoms with Gasteiger partial charge in [-0.1, -0.05) is 0 Å². The number of carbonyl (C=O) groups is 1. The summed E-state index contributed by atoms with van der Waals surface area (Å²) in [6.45, 7) is 1.61. The summed E-state index contributed by atoms with van der Waals surface area (Å²) in [6, 6.07) is 8.39. The number of amides is 1. The van der Waals surface area contributed by atoms with E-state index in [9.17, 15) is 4.79 Å². The van der Waals surface area contributed by atoms with Crippen molar-refractivity contribution in [2.24, 2.45) is 0 Å². The number of hydrogen-bond donors (Lipinski definition) is 2. The fraction of sp³-hybridized carbons (Fsp3) is 0.400. The second-order valence-electron chi connectivity index (χ2n) is 5.38. The highest BCUT2D eigenvalue weighted by Gasteiger charge is 2.25. The van der Waals surface area contributed by atoms with Crippen LogP contribution < -0.4 is 11.1 Å². The Labute approximate surface area is 122 Å². The molecule has 20 heavy (non-hydrogen) atoms. The Bertz CT molecular complexity index is 633. The van der Waals surface area contributed by atoms with Gasteiger partial charge in [0.05, 0.1) is 4.88 Å². The summed E-state index contributed by atoms with van der Waals surface area (Å²) in [4.78, 5) is 15.2. The van der Waals surface area contributed by atoms with Gasteiger partial charge in [0.1, 0.15) is 0 Å². The van der Waals surface area contributed by atoms with Crippen molar-refractivity contribution in [2.45, 2.75) is 18.9 Å². The number of nitrogen functional groups attached to an aromatic ring is 1. The van der Waals surface area contributed by atoms with Crippen molar-refractivity contribution in [2.75, 3.05) is 25.9 Å². The first kappa shape index (κ1) is 13.4. The fourth-order valence-electron chi connectivity index (χ4n) is 2.30. The summed E-state index contributed by atoms with van der Waals surface area (Å²) < 4.78 is 1.10. The number of thiophene rings is 1. The van der Waals surface area contributed by atoms with E-state index in [2.05, 4.69) is 17.3 Å². The lowest BCUT2D eigenvalue weighted by molar-refractivity contribution is 0.0953. The second kappa shape index (κ2) is 5.42. The van der Waals surface area contributed by atoms with E-state index in [4.69, 9.17) is 5.73 Å². The minimum absolute atomic E-state index is 0.00830. The van der Waals surface area contributed by atoms with Gasteiger partial charge in [0, 0.05) is 29.5 Å². The van der Waals surface area contributed by atoms with Crippen molar-refractivity contribution >= 4 is 33.0 Å². The van der Waals surface area contributed by atoms with Crippen LogP contribution in [-0.4, -0.2) is 37.0 Å². The Morgan fingerprint density at radius 1 is 1.45 bits per heavy atom. The maximum Gasteiger partial charge on any atom is 0.261 e. The number of nitrogens with zero attached hydrogens (tertiary/aromatic N) is 1. The van der Waals surface area contributed by atoms with Gasteiger partial charge in [-0.15, -0.1) is 11.3 Å². The highest BCUT2D eigenvalue weighted by atomic mass is 32.1. The van der Waals surface area contributed by atoms with Crippen LogP contribution in [0.5, 0.6) is 0 Å². The number of hydrogen-bond acceptors (Lipinski definition) is 4. The number of fused-ring (bicyclic) bond motifs is 1. The number of likely N-dealkylation sites (N-methyl/N-ethyl adjacent to an activating group) is 1. The van der Waals surface area contributed by atoms with Crippen LogP contribution in [0, 0.1) is 0 Å². The van der Waals surface area contributed by atoms with Gasteiger partial charge in [-0.2, -0.15) is 0 Å². The highest BCUT2D eigenvalue weighted by Crippen LogP contribution is 2.27. The Morgan fingerprint density at radius 3 is 3.00 bits per heavy atom. The Kier molecular flexibility index (Phi) is 3.63. The summed E-state index contributed by atoms with van der Waals surface area (Å²) >= 11 is 1.51. The predicted molar refractivity (Wildman–Crippen MR) is 84.2 cm³/mol. The Hall–Kier alpha value is -1.59. The van der Waals surface area contributed by atoms with Gasteiger partial charge < -0.3 is 16.0 Å². The van der Waals surface area contributed by atoms with Gasteiger partial charge in [0.25, 0.3) is 5.91 Å². The van der Waals surface area contributed by atoms with E-state index in [-0.39, 0.29) is 5.91 Å². The molecular formula is C15H19N3OS. The van der Waals surface area contributed by atoms with E-state index in [0.717, 1.165) is 33.2 Å². The van der Waals surface area contributed by atoms with Crippen molar-refractivity contribution < 1.29 is 4.79 Å². The topological polar surface area (TPSA) is 58.4 Å². The zero-order valence-electron chi connectivity index (χ0n) is 11.6. The molecule has 1 aromatic heterocycles. The third-order valence-electron chi connectivity index (χ3n) is 3.68. The summed E-state index contributed by atoms with van der Waals surface area (Å²) in [5.74, 6) is 0.00830. The van der Waals surface area contributed by atoms with Crippen LogP contribution in [0.25, 0.3) is 10.1 Å². The lowest BCUT2D eigenvalue weighted by Crippen LogP contribution is -2.33. The van der Waals surface area contributed by atoms with Crippen LogP contribution in [0.3, 0.4) is 0 Å². The molecule has 0 atom stereocenters. The molecule has 5 heteroatoms. The number of anilines is 1. The standard InChI is InChI=1S/C15H19N3OS/c1-18(12-3-4-12)7-6-17-15(19)14-9-10-8-11(16)2-5-13(10)20-14/h2,5,8-9,12H,3-4,6-7,16H2,1H3,(H,17,19). The van der Waals surface area contributed by atoms with E-state index in [1.807, 2.05) is 24.3 Å². The number of carbonyl (C=O) groups excluding carboxylic acids is 1. The molecule has 1 heterocycles. The third-order valence-corrected chi connectivity index (χ3v) is 4.80. The monoisotopic (exact) mass is 289 g/mol. The van der Waals surface area contributed by atoms with E-state index in [1.54, 1.807) is 0 Å². The minimum atomic E-state index is 0.00830.